The Morgan fingerprint density at radius 1 is 0.938 bits per heavy atom. The van der Waals surface area contributed by atoms with Crippen molar-refractivity contribution in [2.75, 3.05) is 5.73 Å². The monoisotopic (exact) mass is 241 g/mol. The molecule has 0 aromatic heterocycles. The number of anilines is 1. The summed E-state index contributed by atoms with van der Waals surface area (Å²) in [5.41, 5.74) is 6.45. The van der Waals surface area contributed by atoms with Crippen LogP contribution in [0.15, 0.2) is 42.5 Å². The number of rotatable bonds is 0. The number of fused-ring (bicyclic) bond motifs is 1. The zero-order chi connectivity index (χ0) is 12.2. The zero-order valence-corrected chi connectivity index (χ0v) is 9.05. The first-order chi connectivity index (χ1) is 7.36. The Hall–Kier alpha value is -1.63. The fourth-order valence-electron chi connectivity index (χ4n) is 1.21. The van der Waals surface area contributed by atoms with Gasteiger partial charge in [0, 0.05) is 5.69 Å². The average Bonchev–Trinajstić information content (AvgIpc) is 2.15. The van der Waals surface area contributed by atoms with Gasteiger partial charge in [0.1, 0.15) is 0 Å². The van der Waals surface area contributed by atoms with Crippen LogP contribution >= 0.6 is 0 Å². The Kier molecular flexibility index (Phi) is 3.83. The number of nitrogen functional groups attached to an aromatic ring is 1. The first-order valence-corrected chi connectivity index (χ1v) is 5.70. The van der Waals surface area contributed by atoms with Gasteiger partial charge in [0.25, 0.3) is 0 Å². The third-order valence-electron chi connectivity index (χ3n) is 1.77. The quantitative estimate of drug-likeness (QED) is 0.482. The normalized spacial score (nSPS) is 10.6. The van der Waals surface area contributed by atoms with Crippen molar-refractivity contribution in [2.45, 2.75) is 0 Å². The van der Waals surface area contributed by atoms with Gasteiger partial charge in [-0.3, -0.25) is 9.11 Å². The van der Waals surface area contributed by atoms with E-state index in [1.807, 2.05) is 30.3 Å². The summed E-state index contributed by atoms with van der Waals surface area (Å²) < 4.78 is 31.6. The third kappa shape index (κ3) is 4.74. The van der Waals surface area contributed by atoms with E-state index >= 15 is 0 Å². The summed E-state index contributed by atoms with van der Waals surface area (Å²) in [6, 6.07) is 14.1. The van der Waals surface area contributed by atoms with Crippen LogP contribution in [0.1, 0.15) is 0 Å². The molecule has 2 aromatic carbocycles. The molecule has 0 fully saturated rings. The van der Waals surface area contributed by atoms with Crippen LogP contribution in [0.2, 0.25) is 0 Å². The molecule has 0 bridgehead atoms. The minimum atomic E-state index is -4.67. The highest BCUT2D eigenvalue weighted by Gasteiger charge is 1.89. The number of benzene rings is 2. The molecule has 0 aliphatic rings. The van der Waals surface area contributed by atoms with Gasteiger partial charge in [0.2, 0.25) is 0 Å². The lowest BCUT2D eigenvalue weighted by Crippen LogP contribution is -1.89. The second-order valence-electron chi connectivity index (χ2n) is 3.05. The Labute approximate surface area is 93.1 Å². The van der Waals surface area contributed by atoms with Crippen LogP contribution in [-0.4, -0.2) is 17.5 Å². The van der Waals surface area contributed by atoms with E-state index in [1.54, 1.807) is 0 Å². The molecule has 0 saturated heterocycles. The lowest BCUT2D eigenvalue weighted by molar-refractivity contribution is 0.381. The van der Waals surface area contributed by atoms with E-state index in [9.17, 15) is 0 Å². The van der Waals surface area contributed by atoms with Gasteiger partial charge < -0.3 is 5.73 Å². The second kappa shape index (κ2) is 4.93. The number of nitrogens with two attached hydrogens (primary N) is 1. The molecule has 0 amide bonds. The predicted octanol–water partition coefficient (Wildman–Crippen LogP) is 1.77. The Morgan fingerprint density at radius 2 is 1.44 bits per heavy atom. The van der Waals surface area contributed by atoms with Crippen LogP contribution in [0.5, 0.6) is 0 Å². The maximum absolute atomic E-state index is 8.74. The maximum Gasteiger partial charge on any atom is 0.394 e. The van der Waals surface area contributed by atoms with Crippen molar-refractivity contribution < 1.29 is 17.5 Å². The van der Waals surface area contributed by atoms with Crippen molar-refractivity contribution in [3.8, 4) is 0 Å². The fourth-order valence-corrected chi connectivity index (χ4v) is 1.21. The third-order valence-corrected chi connectivity index (χ3v) is 1.77. The molecule has 2 rings (SSSR count). The molecule has 0 saturated carbocycles. The number of hydrogen-bond donors (Lipinski definition) is 3. The molecule has 4 N–H and O–H groups in total. The molecule has 0 heterocycles. The zero-order valence-electron chi connectivity index (χ0n) is 8.24. The van der Waals surface area contributed by atoms with Crippen molar-refractivity contribution in [1.82, 2.24) is 0 Å². The minimum absolute atomic E-state index is 0.823. The van der Waals surface area contributed by atoms with Crippen LogP contribution in [0.4, 0.5) is 5.69 Å². The summed E-state index contributed by atoms with van der Waals surface area (Å²) in [6.07, 6.45) is 0. The Bertz CT molecular complexity index is 572. The Balaban J connectivity index is 0.000000221. The largest absolute Gasteiger partial charge is 0.399 e. The van der Waals surface area contributed by atoms with Crippen molar-refractivity contribution in [1.29, 1.82) is 0 Å². The summed E-state index contributed by atoms with van der Waals surface area (Å²) >= 11 is 0. The highest BCUT2D eigenvalue weighted by Crippen LogP contribution is 2.15. The van der Waals surface area contributed by atoms with Gasteiger partial charge in [-0.05, 0) is 22.9 Å². The van der Waals surface area contributed by atoms with Crippen LogP contribution in [0, 0.1) is 0 Å². The van der Waals surface area contributed by atoms with Crippen LogP contribution in [-0.2, 0) is 10.4 Å². The SMILES string of the molecule is Nc1ccc2ccccc2c1.O=S(=O)(O)O. The molecule has 16 heavy (non-hydrogen) atoms. The van der Waals surface area contributed by atoms with Gasteiger partial charge in [-0.2, -0.15) is 8.42 Å². The van der Waals surface area contributed by atoms with Gasteiger partial charge in [-0.1, -0.05) is 30.3 Å². The van der Waals surface area contributed by atoms with E-state index in [1.165, 1.54) is 10.8 Å². The average molecular weight is 241 g/mol. The van der Waals surface area contributed by atoms with E-state index in [4.69, 9.17) is 23.3 Å². The van der Waals surface area contributed by atoms with Crippen molar-refractivity contribution in [3.63, 3.8) is 0 Å². The van der Waals surface area contributed by atoms with Crippen LogP contribution in [0.25, 0.3) is 10.8 Å². The van der Waals surface area contributed by atoms with Gasteiger partial charge in [0.15, 0.2) is 0 Å². The standard InChI is InChI=1S/C10H9N.H2O4S/c11-10-6-5-8-3-1-2-4-9(8)7-10;1-5(2,3)4/h1-7H,11H2;(H2,1,2,3,4). The van der Waals surface area contributed by atoms with Gasteiger partial charge in [-0.15, -0.1) is 0 Å². The summed E-state index contributed by atoms with van der Waals surface area (Å²) in [6.45, 7) is 0. The molecule has 0 aliphatic carbocycles. The second-order valence-corrected chi connectivity index (χ2v) is 3.95. The topological polar surface area (TPSA) is 101 Å². The van der Waals surface area contributed by atoms with Crippen molar-refractivity contribution >= 4 is 26.9 Å². The fraction of sp³-hybridized carbons (Fsp3) is 0. The summed E-state index contributed by atoms with van der Waals surface area (Å²) in [4.78, 5) is 0. The first-order valence-electron chi connectivity index (χ1n) is 4.30. The van der Waals surface area contributed by atoms with Gasteiger partial charge >= 0.3 is 10.4 Å². The van der Waals surface area contributed by atoms with Gasteiger partial charge in [0.05, 0.1) is 0 Å². The molecule has 2 aromatic rings. The highest BCUT2D eigenvalue weighted by molar-refractivity contribution is 7.79. The molecule has 86 valence electrons. The highest BCUT2D eigenvalue weighted by atomic mass is 32.3. The predicted molar refractivity (Wildman–Crippen MR) is 62.5 cm³/mol. The maximum atomic E-state index is 8.74. The van der Waals surface area contributed by atoms with Crippen molar-refractivity contribution in [3.05, 3.63) is 42.5 Å². The molecule has 0 unspecified atom stereocenters. The molecule has 0 aliphatic heterocycles. The molecule has 0 atom stereocenters. The molecular weight excluding hydrogens is 230 g/mol. The van der Waals surface area contributed by atoms with Crippen LogP contribution in [0.3, 0.4) is 0 Å². The summed E-state index contributed by atoms with van der Waals surface area (Å²) in [5.74, 6) is 0. The van der Waals surface area contributed by atoms with Gasteiger partial charge in [-0.25, -0.2) is 0 Å². The molecule has 5 nitrogen and oxygen atoms in total. The van der Waals surface area contributed by atoms with E-state index < -0.39 is 10.4 Å². The van der Waals surface area contributed by atoms with E-state index in [0.29, 0.717) is 0 Å². The molecule has 0 radical (unpaired) electrons. The van der Waals surface area contributed by atoms with E-state index in [2.05, 4.69) is 12.1 Å². The van der Waals surface area contributed by atoms with Crippen LogP contribution < -0.4 is 5.73 Å². The minimum Gasteiger partial charge on any atom is -0.399 e. The molecule has 6 heteroatoms. The Morgan fingerprint density at radius 3 is 2.00 bits per heavy atom. The molecule has 0 spiro atoms. The summed E-state index contributed by atoms with van der Waals surface area (Å²) in [5, 5.41) is 2.44. The number of hydrogen-bond acceptors (Lipinski definition) is 3. The molecular formula is C10H11NO4S. The smallest absolute Gasteiger partial charge is 0.394 e. The first kappa shape index (κ1) is 12.4. The lowest BCUT2D eigenvalue weighted by Gasteiger charge is -1.96. The van der Waals surface area contributed by atoms with Crippen molar-refractivity contribution in [2.24, 2.45) is 0 Å². The summed E-state index contributed by atoms with van der Waals surface area (Å²) in [7, 11) is -4.67. The van der Waals surface area contributed by atoms with E-state index in [-0.39, 0.29) is 0 Å². The lowest BCUT2D eigenvalue weighted by atomic mass is 10.1. The van der Waals surface area contributed by atoms with E-state index in [0.717, 1.165) is 5.69 Å².